The van der Waals surface area contributed by atoms with Crippen molar-refractivity contribution in [3.05, 3.63) is 0 Å². The second-order valence-corrected chi connectivity index (χ2v) is 8.98. The lowest BCUT2D eigenvalue weighted by Gasteiger charge is -2.11. The van der Waals surface area contributed by atoms with E-state index >= 15 is 0 Å². The van der Waals surface area contributed by atoms with Crippen molar-refractivity contribution in [2.24, 2.45) is 0 Å². The summed E-state index contributed by atoms with van der Waals surface area (Å²) in [6.07, 6.45) is -14.2. The van der Waals surface area contributed by atoms with E-state index in [0.29, 0.717) is 13.8 Å². The van der Waals surface area contributed by atoms with Crippen molar-refractivity contribution in [3.63, 3.8) is 0 Å². The van der Waals surface area contributed by atoms with Gasteiger partial charge < -0.3 is 0 Å². The monoisotopic (exact) mass is 1100 g/mol. The summed E-state index contributed by atoms with van der Waals surface area (Å²) in [7, 11) is 3.83. The molecule has 32 heteroatoms. The molecule has 0 aliphatic rings. The molecule has 0 fully saturated rings. The van der Waals surface area contributed by atoms with Crippen molar-refractivity contribution >= 4 is 0 Å². The zero-order chi connectivity index (χ0) is 51.8. The molecule has 0 aliphatic carbocycles. The molecule has 0 amide bonds. The van der Waals surface area contributed by atoms with E-state index < -0.39 is 88.8 Å². The van der Waals surface area contributed by atoms with Crippen LogP contribution in [0, 0.1) is 0 Å². The summed E-state index contributed by atoms with van der Waals surface area (Å²) in [6, 6.07) is 0. The predicted octanol–water partition coefficient (Wildman–Crippen LogP) is 20.2. The van der Waals surface area contributed by atoms with Gasteiger partial charge >= 0.3 is 18.8 Å². The van der Waals surface area contributed by atoms with E-state index in [2.05, 4.69) is 29.6 Å². The highest BCUT2D eigenvalue weighted by atomic mass is 19.4. The number of hydrogen-bond acceptors (Lipinski definition) is 6. The van der Waals surface area contributed by atoms with Crippen LogP contribution in [-0.4, -0.2) is 111 Å². The molecule has 0 atom stereocenters. The molecule has 67 heavy (non-hydrogen) atoms. The lowest BCUT2D eigenvalue weighted by atomic mass is 10.2. The number of hydrogen-bond donors (Lipinski definition) is 0. The Morgan fingerprint density at radius 1 is 0.373 bits per heavy atom. The topological polar surface area (TPSA) is 55.4 Å². The van der Waals surface area contributed by atoms with E-state index in [9.17, 15) is 115 Å². The molecule has 0 saturated carbocycles. The Hall–Kier alpha value is -2.06. The highest BCUT2D eigenvalue weighted by Gasteiger charge is 2.40. The van der Waals surface area contributed by atoms with Crippen LogP contribution in [0.3, 0.4) is 0 Å². The SMILES string of the molecule is C.C.C.C.C.C.C.C.CC.CC(C)(CF)OF.CC(C)(CF)OF.CC(F)(F)CF.CC(F)(F)CF.CCC(F)(F)F.COF.COF.COF.COF.FC(F)C(F)(F)F.FCF.FCF. The van der Waals surface area contributed by atoms with Crippen molar-refractivity contribution in [3.8, 4) is 0 Å². The van der Waals surface area contributed by atoms with Crippen molar-refractivity contribution in [2.45, 2.75) is 170 Å². The van der Waals surface area contributed by atoms with Gasteiger partial charge in [0.1, 0.15) is 24.6 Å². The summed E-state index contributed by atoms with van der Waals surface area (Å²) in [5.74, 6) is -6.25. The van der Waals surface area contributed by atoms with Crippen LogP contribution < -0.4 is 0 Å². The fraction of sp³-hybridized carbons (Fsp3) is 1.00. The van der Waals surface area contributed by atoms with Gasteiger partial charge in [-0.15, -0.1) is 0 Å². The van der Waals surface area contributed by atoms with Crippen LogP contribution in [0.4, 0.5) is 115 Å². The van der Waals surface area contributed by atoms with Gasteiger partial charge in [-0.3, -0.25) is 0 Å². The Morgan fingerprint density at radius 3 is 0.463 bits per heavy atom. The zero-order valence-corrected chi connectivity index (χ0v) is 33.8. The van der Waals surface area contributed by atoms with E-state index in [1.54, 1.807) is 0 Å². The standard InChI is InChI=1S/2C4H8F2O.3C3H5F3.C2HF5.C2H6.2CH2F2.4CH3FO.8CH4/c2*1-4(2,3-5)7-6;2*1-3(5,6)2-4;1-2-3(4,5)6;3-1(4)2(5,6)7;1-2;2*2-1-3;4*1-3-2;;;;;;;;/h2*3H2,1-2H3;3*2H2,1H3;1H;1-2H3;2*1H2;4*1H3;8*1H4. The van der Waals surface area contributed by atoms with Crippen LogP contribution in [0.25, 0.3) is 0 Å². The third kappa shape index (κ3) is 394. The molecule has 0 heterocycles. The maximum absolute atomic E-state index is 11.4. The number of rotatable bonds is 6. The molecule has 0 unspecified atom stereocenters. The molecule has 444 valence electrons. The van der Waals surface area contributed by atoms with Crippen LogP contribution in [0.15, 0.2) is 0 Å². The molecule has 0 bridgehead atoms. The molecular formula is C35H86F26O6. The number of alkyl halides is 20. The van der Waals surface area contributed by atoms with Crippen LogP contribution in [-0.2, 0) is 29.6 Å². The van der Waals surface area contributed by atoms with Gasteiger partial charge in [-0.1, -0.05) is 80.2 Å². The molecule has 0 spiro atoms. The van der Waals surface area contributed by atoms with E-state index in [-0.39, 0.29) is 59.4 Å². The Kier molecular flexibility index (Phi) is 208. The van der Waals surface area contributed by atoms with E-state index in [1.807, 2.05) is 13.8 Å². The van der Waals surface area contributed by atoms with Gasteiger partial charge in [0.2, 0.25) is 13.9 Å². The average Bonchev–Trinajstić information content (AvgIpc) is 3.11. The molecule has 0 aromatic rings. The lowest BCUT2D eigenvalue weighted by molar-refractivity contribution is -0.226. The van der Waals surface area contributed by atoms with Gasteiger partial charge in [-0.25, -0.2) is 61.5 Å². The minimum atomic E-state index is -5.33. The Bertz CT molecular complexity index is 552. The van der Waals surface area contributed by atoms with Gasteiger partial charge in [0.25, 0.3) is 11.8 Å². The summed E-state index contributed by atoms with van der Waals surface area (Å²) in [5, 5.41) is 0. The van der Waals surface area contributed by atoms with E-state index in [0.717, 1.165) is 35.4 Å². The van der Waals surface area contributed by atoms with Gasteiger partial charge in [-0.2, -0.15) is 56.0 Å². The van der Waals surface area contributed by atoms with Gasteiger partial charge in [0.05, 0.1) is 28.4 Å². The maximum Gasteiger partial charge on any atom is 0.450 e. The number of halogens is 26. The van der Waals surface area contributed by atoms with Crippen LogP contribution >= 0.6 is 0 Å². The van der Waals surface area contributed by atoms with Gasteiger partial charge in [0.15, 0.2) is 13.3 Å². The third-order valence-electron chi connectivity index (χ3n) is 2.18. The van der Waals surface area contributed by atoms with Crippen molar-refractivity contribution < 1.29 is 145 Å². The second kappa shape index (κ2) is 102. The Balaban J connectivity index is -0.0000000181. The smallest absolute Gasteiger partial charge is 0.248 e. The first-order valence-electron chi connectivity index (χ1n) is 14.2. The van der Waals surface area contributed by atoms with Crippen LogP contribution in [0.1, 0.15) is 128 Å². The summed E-state index contributed by atoms with van der Waals surface area (Å²) in [5.41, 5.74) is -2.50. The first-order chi connectivity index (χ1) is 26.4. The Morgan fingerprint density at radius 2 is 0.463 bits per heavy atom. The highest BCUT2D eigenvalue weighted by molar-refractivity contribution is 4.63. The third-order valence-corrected chi connectivity index (χ3v) is 2.18. The maximum atomic E-state index is 11.4. The highest BCUT2D eigenvalue weighted by Crippen LogP contribution is 2.23. The van der Waals surface area contributed by atoms with Crippen LogP contribution in [0.2, 0.25) is 0 Å². The largest absolute Gasteiger partial charge is 0.450 e. The molecule has 0 radical (unpaired) electrons. The van der Waals surface area contributed by atoms with Crippen molar-refractivity contribution in [2.75, 3.05) is 69.0 Å². The van der Waals surface area contributed by atoms with Gasteiger partial charge in [0, 0.05) is 20.3 Å². The van der Waals surface area contributed by atoms with Gasteiger partial charge in [-0.05, 0) is 54.9 Å². The predicted molar refractivity (Wildman–Crippen MR) is 218 cm³/mol. The second-order valence-electron chi connectivity index (χ2n) is 8.98. The molecule has 0 rings (SSSR count). The lowest BCUT2D eigenvalue weighted by Crippen LogP contribution is -2.22. The fourth-order valence-corrected chi connectivity index (χ4v) is 0.0412. The summed E-state index contributed by atoms with van der Waals surface area (Å²) in [4.78, 5) is 17.4. The zero-order valence-electron chi connectivity index (χ0n) is 33.8. The minimum absolute atomic E-state index is 0. The molecule has 0 N–H and O–H groups in total. The average molecular weight is 1100 g/mol. The Labute approximate surface area is 384 Å². The first kappa shape index (κ1) is 138. The van der Waals surface area contributed by atoms with E-state index in [1.165, 1.54) is 27.7 Å². The molecular weight excluding hydrogens is 1010 g/mol. The minimum Gasteiger partial charge on any atom is -0.248 e. The van der Waals surface area contributed by atoms with Crippen molar-refractivity contribution in [1.29, 1.82) is 0 Å². The van der Waals surface area contributed by atoms with E-state index in [4.69, 9.17) is 0 Å². The van der Waals surface area contributed by atoms with Crippen LogP contribution in [0.5, 0.6) is 0 Å². The molecule has 6 nitrogen and oxygen atoms in total. The quantitative estimate of drug-likeness (QED) is 0.247. The van der Waals surface area contributed by atoms with Crippen molar-refractivity contribution in [1.82, 2.24) is 0 Å². The first-order valence-corrected chi connectivity index (χ1v) is 14.2. The normalized spacial score (nSPS) is 8.78. The molecule has 0 aliphatic heterocycles. The summed E-state index contributed by atoms with van der Waals surface area (Å²) >= 11 is 0. The molecule has 0 aromatic carbocycles. The molecule has 0 aromatic heterocycles. The fourth-order valence-electron chi connectivity index (χ4n) is 0.0412. The molecule has 0 saturated heterocycles. The summed E-state index contributed by atoms with van der Waals surface area (Å²) in [6.45, 7) is 3.23. The summed E-state index contributed by atoms with van der Waals surface area (Å²) < 4.78 is 273.